The summed E-state index contributed by atoms with van der Waals surface area (Å²) in [6.07, 6.45) is 1.66. The summed E-state index contributed by atoms with van der Waals surface area (Å²) >= 11 is 0. The van der Waals surface area contributed by atoms with Crippen LogP contribution in [0, 0.1) is 0 Å². The third-order valence-corrected chi connectivity index (χ3v) is 3.64. The van der Waals surface area contributed by atoms with Crippen LogP contribution in [0.25, 0.3) is 0 Å². The van der Waals surface area contributed by atoms with E-state index < -0.39 is 5.97 Å². The molecule has 1 unspecified atom stereocenters. The van der Waals surface area contributed by atoms with Gasteiger partial charge >= 0.3 is 5.97 Å². The Labute approximate surface area is 125 Å². The van der Waals surface area contributed by atoms with Gasteiger partial charge in [-0.2, -0.15) is 0 Å². The zero-order valence-corrected chi connectivity index (χ0v) is 12.7. The summed E-state index contributed by atoms with van der Waals surface area (Å²) in [5.74, 6) is 0.727. The third-order valence-electron chi connectivity index (χ3n) is 3.64. The lowest BCUT2D eigenvalue weighted by Gasteiger charge is -2.21. The van der Waals surface area contributed by atoms with Gasteiger partial charge in [0.2, 0.25) is 0 Å². The zero-order valence-electron chi connectivity index (χ0n) is 12.7. The lowest BCUT2D eigenvalue weighted by atomic mass is 10.1. The topological polar surface area (TPSA) is 59.0 Å². The number of ether oxygens (including phenoxy) is 2. The van der Waals surface area contributed by atoms with E-state index in [0.717, 1.165) is 36.4 Å². The van der Waals surface area contributed by atoms with Gasteiger partial charge in [-0.15, -0.1) is 0 Å². The minimum absolute atomic E-state index is 0.368. The van der Waals surface area contributed by atoms with Gasteiger partial charge in [0.15, 0.2) is 11.5 Å². The van der Waals surface area contributed by atoms with Crippen molar-refractivity contribution in [2.45, 2.75) is 39.3 Å². The van der Waals surface area contributed by atoms with Crippen molar-refractivity contribution < 1.29 is 19.4 Å². The minimum atomic E-state index is -0.733. The maximum atomic E-state index is 11.2. The van der Waals surface area contributed by atoms with E-state index in [1.54, 1.807) is 0 Å². The van der Waals surface area contributed by atoms with E-state index in [1.165, 1.54) is 0 Å². The van der Waals surface area contributed by atoms with E-state index >= 15 is 0 Å². The summed E-state index contributed by atoms with van der Waals surface area (Å²) in [5.41, 5.74) is 1.05. The van der Waals surface area contributed by atoms with Crippen molar-refractivity contribution in [3.63, 3.8) is 0 Å². The van der Waals surface area contributed by atoms with Gasteiger partial charge in [0.1, 0.15) is 6.04 Å². The highest BCUT2D eigenvalue weighted by Crippen LogP contribution is 2.30. The van der Waals surface area contributed by atoms with Crippen molar-refractivity contribution in [1.29, 1.82) is 0 Å². The molecule has 0 amide bonds. The fourth-order valence-corrected chi connectivity index (χ4v) is 2.72. The highest BCUT2D eigenvalue weighted by atomic mass is 16.5. The molecule has 5 heteroatoms. The summed E-state index contributed by atoms with van der Waals surface area (Å²) < 4.78 is 11.2. The molecule has 1 fully saturated rings. The second-order valence-corrected chi connectivity index (χ2v) is 5.11. The Morgan fingerprint density at radius 1 is 1.29 bits per heavy atom. The third kappa shape index (κ3) is 3.88. The second-order valence-electron chi connectivity index (χ2n) is 5.11. The van der Waals surface area contributed by atoms with Gasteiger partial charge < -0.3 is 14.6 Å². The molecule has 0 saturated carbocycles. The van der Waals surface area contributed by atoms with Crippen molar-refractivity contribution in [3.05, 3.63) is 23.8 Å². The van der Waals surface area contributed by atoms with Crippen LogP contribution in [0.2, 0.25) is 0 Å². The van der Waals surface area contributed by atoms with Crippen LogP contribution in [0.1, 0.15) is 32.3 Å². The molecule has 1 aromatic rings. The number of carboxylic acids is 1. The Balaban J connectivity index is 2.12. The number of nitrogens with zero attached hydrogens (tertiary/aromatic N) is 1. The van der Waals surface area contributed by atoms with E-state index in [9.17, 15) is 9.90 Å². The lowest BCUT2D eigenvalue weighted by Crippen LogP contribution is -2.35. The maximum Gasteiger partial charge on any atom is 0.320 e. The van der Waals surface area contributed by atoms with Gasteiger partial charge in [-0.1, -0.05) is 6.07 Å². The number of hydrogen-bond donors (Lipinski definition) is 1. The minimum Gasteiger partial charge on any atom is -0.490 e. The van der Waals surface area contributed by atoms with E-state index in [-0.39, 0.29) is 6.04 Å². The van der Waals surface area contributed by atoms with Crippen molar-refractivity contribution in [1.82, 2.24) is 4.90 Å². The smallest absolute Gasteiger partial charge is 0.320 e. The molecule has 0 spiro atoms. The Kier molecular flexibility index (Phi) is 5.44. The first-order chi connectivity index (χ1) is 10.2. The predicted octanol–water partition coefficient (Wildman–Crippen LogP) is 2.53. The first-order valence-electron chi connectivity index (χ1n) is 7.51. The Morgan fingerprint density at radius 2 is 2.00 bits per heavy atom. The van der Waals surface area contributed by atoms with Crippen molar-refractivity contribution in [2.24, 2.45) is 0 Å². The summed E-state index contributed by atoms with van der Waals surface area (Å²) in [4.78, 5) is 13.2. The SMILES string of the molecule is CCOc1ccc(CN2CCCC2C(=O)O)cc1OCC. The molecule has 2 rings (SSSR count). The molecule has 1 aliphatic rings. The van der Waals surface area contributed by atoms with Gasteiger partial charge in [0, 0.05) is 6.54 Å². The molecular weight excluding hydrogens is 270 g/mol. The lowest BCUT2D eigenvalue weighted by molar-refractivity contribution is -0.142. The van der Waals surface area contributed by atoms with Crippen molar-refractivity contribution in [3.8, 4) is 11.5 Å². The van der Waals surface area contributed by atoms with Crippen LogP contribution in [-0.2, 0) is 11.3 Å². The highest BCUT2D eigenvalue weighted by Gasteiger charge is 2.30. The van der Waals surface area contributed by atoms with E-state index in [1.807, 2.05) is 36.9 Å². The van der Waals surface area contributed by atoms with Gasteiger partial charge in [-0.25, -0.2) is 0 Å². The molecule has 0 aromatic heterocycles. The molecule has 0 aliphatic carbocycles. The molecule has 1 aliphatic heterocycles. The number of carboxylic acid groups (broad SMARTS) is 1. The number of rotatable bonds is 7. The zero-order chi connectivity index (χ0) is 15.2. The maximum absolute atomic E-state index is 11.2. The predicted molar refractivity (Wildman–Crippen MR) is 79.8 cm³/mol. The van der Waals surface area contributed by atoms with Crippen LogP contribution in [-0.4, -0.2) is 41.8 Å². The molecule has 1 N–H and O–H groups in total. The molecule has 1 aromatic carbocycles. The van der Waals surface area contributed by atoms with Crippen LogP contribution in [0.15, 0.2) is 18.2 Å². The first-order valence-corrected chi connectivity index (χ1v) is 7.51. The quantitative estimate of drug-likeness (QED) is 0.837. The molecule has 0 bridgehead atoms. The van der Waals surface area contributed by atoms with E-state index in [0.29, 0.717) is 19.8 Å². The summed E-state index contributed by atoms with van der Waals surface area (Å²) in [6.45, 7) is 6.49. The van der Waals surface area contributed by atoms with Gasteiger partial charge in [-0.3, -0.25) is 9.69 Å². The van der Waals surface area contributed by atoms with Crippen LogP contribution in [0.4, 0.5) is 0 Å². The number of benzene rings is 1. The monoisotopic (exact) mass is 293 g/mol. The Morgan fingerprint density at radius 3 is 2.67 bits per heavy atom. The number of aliphatic carboxylic acids is 1. The first kappa shape index (κ1) is 15.6. The molecule has 21 heavy (non-hydrogen) atoms. The van der Waals surface area contributed by atoms with Gasteiger partial charge in [0.25, 0.3) is 0 Å². The normalized spacial score (nSPS) is 18.7. The average molecular weight is 293 g/mol. The highest BCUT2D eigenvalue weighted by molar-refractivity contribution is 5.73. The molecule has 1 atom stereocenters. The van der Waals surface area contributed by atoms with Crippen molar-refractivity contribution in [2.75, 3.05) is 19.8 Å². The number of likely N-dealkylation sites (tertiary alicyclic amines) is 1. The molecule has 5 nitrogen and oxygen atoms in total. The molecule has 0 radical (unpaired) electrons. The second kappa shape index (κ2) is 7.31. The Bertz CT molecular complexity index is 489. The fraction of sp³-hybridized carbons (Fsp3) is 0.562. The summed E-state index contributed by atoms with van der Waals surface area (Å²) in [5, 5.41) is 9.23. The van der Waals surface area contributed by atoms with Crippen molar-refractivity contribution >= 4 is 5.97 Å². The van der Waals surface area contributed by atoms with Crippen LogP contribution in [0.3, 0.4) is 0 Å². The number of hydrogen-bond acceptors (Lipinski definition) is 4. The number of carbonyl (C=O) groups is 1. The van der Waals surface area contributed by atoms with Crippen LogP contribution >= 0.6 is 0 Å². The summed E-state index contributed by atoms with van der Waals surface area (Å²) in [6, 6.07) is 5.46. The average Bonchev–Trinajstić information content (AvgIpc) is 2.90. The standard InChI is InChI=1S/C16H23NO4/c1-3-20-14-8-7-12(10-15(14)21-4-2)11-17-9-5-6-13(17)16(18)19/h7-8,10,13H,3-6,9,11H2,1-2H3,(H,18,19). The van der Waals surface area contributed by atoms with E-state index in [2.05, 4.69) is 0 Å². The molecule has 1 saturated heterocycles. The van der Waals surface area contributed by atoms with Gasteiger partial charge in [0.05, 0.1) is 13.2 Å². The molecular formula is C16H23NO4. The van der Waals surface area contributed by atoms with Crippen LogP contribution < -0.4 is 9.47 Å². The Hall–Kier alpha value is -1.75. The van der Waals surface area contributed by atoms with E-state index in [4.69, 9.17) is 9.47 Å². The largest absolute Gasteiger partial charge is 0.490 e. The fourth-order valence-electron chi connectivity index (χ4n) is 2.72. The summed E-state index contributed by atoms with van der Waals surface area (Å²) in [7, 11) is 0. The molecule has 116 valence electrons. The molecule has 1 heterocycles. The van der Waals surface area contributed by atoms with Crippen LogP contribution in [0.5, 0.6) is 11.5 Å². The van der Waals surface area contributed by atoms with Gasteiger partial charge in [-0.05, 0) is 50.9 Å².